The highest BCUT2D eigenvalue weighted by Gasteiger charge is 2.17. The number of rotatable bonds is 3. The van der Waals surface area contributed by atoms with Gasteiger partial charge < -0.3 is 0 Å². The van der Waals surface area contributed by atoms with Gasteiger partial charge in [-0.3, -0.25) is 4.72 Å². The molecule has 92 valence electrons. The van der Waals surface area contributed by atoms with Crippen LogP contribution in [-0.4, -0.2) is 8.42 Å². The van der Waals surface area contributed by atoms with E-state index in [0.717, 1.165) is 16.9 Å². The van der Waals surface area contributed by atoms with Crippen molar-refractivity contribution >= 4 is 27.0 Å². The molecule has 0 aliphatic carbocycles. The van der Waals surface area contributed by atoms with Gasteiger partial charge in [0.1, 0.15) is 15.2 Å². The van der Waals surface area contributed by atoms with Gasteiger partial charge in [0.05, 0.1) is 5.69 Å². The van der Waals surface area contributed by atoms with Gasteiger partial charge in [0.2, 0.25) is 0 Å². The highest BCUT2D eigenvalue weighted by atomic mass is 32.2. The van der Waals surface area contributed by atoms with E-state index in [4.69, 9.17) is 5.26 Å². The number of nitriles is 1. The number of thiophene rings is 1. The summed E-state index contributed by atoms with van der Waals surface area (Å²) in [5.74, 6) is 0. The Morgan fingerprint density at radius 3 is 2.56 bits per heavy atom. The molecular formula is C12H10N2O2S2. The average molecular weight is 278 g/mol. The van der Waals surface area contributed by atoms with E-state index >= 15 is 0 Å². The molecule has 0 saturated carbocycles. The van der Waals surface area contributed by atoms with Gasteiger partial charge in [-0.25, -0.2) is 8.42 Å². The van der Waals surface area contributed by atoms with E-state index in [-0.39, 0.29) is 4.21 Å². The molecular weight excluding hydrogens is 268 g/mol. The van der Waals surface area contributed by atoms with Gasteiger partial charge in [0, 0.05) is 0 Å². The number of sulfonamides is 1. The van der Waals surface area contributed by atoms with Gasteiger partial charge >= 0.3 is 0 Å². The van der Waals surface area contributed by atoms with Gasteiger partial charge in [-0.05, 0) is 30.7 Å². The van der Waals surface area contributed by atoms with Crippen molar-refractivity contribution in [3.05, 3.63) is 46.8 Å². The Kier molecular flexibility index (Phi) is 3.36. The molecule has 1 heterocycles. The van der Waals surface area contributed by atoms with Crippen molar-refractivity contribution in [2.75, 3.05) is 4.72 Å². The first-order valence-electron chi connectivity index (χ1n) is 5.11. The zero-order valence-electron chi connectivity index (χ0n) is 9.54. The summed E-state index contributed by atoms with van der Waals surface area (Å²) in [5, 5.41) is 8.70. The number of benzene rings is 1. The smallest absolute Gasteiger partial charge is 0.271 e. The van der Waals surface area contributed by atoms with Crippen molar-refractivity contribution in [1.29, 1.82) is 5.26 Å². The van der Waals surface area contributed by atoms with Crippen LogP contribution < -0.4 is 4.72 Å². The van der Waals surface area contributed by atoms with Gasteiger partial charge in [-0.2, -0.15) is 5.26 Å². The standard InChI is InChI=1S/C12H10N2O2S2/c1-9-4-2-3-5-11(9)14-18(15,16)12-7-6-10(8-13)17-12/h2-7,14H,1H3. The molecule has 0 atom stereocenters. The summed E-state index contributed by atoms with van der Waals surface area (Å²) < 4.78 is 26.8. The number of para-hydroxylation sites is 1. The van der Waals surface area contributed by atoms with Crippen molar-refractivity contribution in [2.24, 2.45) is 0 Å². The Labute approximate surface area is 110 Å². The van der Waals surface area contributed by atoms with Crippen LogP contribution in [0.2, 0.25) is 0 Å². The summed E-state index contributed by atoms with van der Waals surface area (Å²) in [6.07, 6.45) is 0. The van der Waals surface area contributed by atoms with E-state index in [1.54, 1.807) is 12.1 Å². The molecule has 1 N–H and O–H groups in total. The lowest BCUT2D eigenvalue weighted by Crippen LogP contribution is -2.12. The fourth-order valence-corrected chi connectivity index (χ4v) is 3.64. The predicted octanol–water partition coefficient (Wildman–Crippen LogP) is 2.73. The second-order valence-corrected chi connectivity index (χ2v) is 6.64. The predicted molar refractivity (Wildman–Crippen MR) is 71.0 cm³/mol. The van der Waals surface area contributed by atoms with Gasteiger partial charge in [-0.1, -0.05) is 18.2 Å². The van der Waals surface area contributed by atoms with Crippen molar-refractivity contribution in [3.63, 3.8) is 0 Å². The molecule has 0 radical (unpaired) electrons. The van der Waals surface area contributed by atoms with Gasteiger partial charge in [-0.15, -0.1) is 11.3 Å². The average Bonchev–Trinajstić information content (AvgIpc) is 2.81. The van der Waals surface area contributed by atoms with E-state index in [9.17, 15) is 8.42 Å². The van der Waals surface area contributed by atoms with Crippen LogP contribution in [0.1, 0.15) is 10.4 Å². The molecule has 2 rings (SSSR count). The number of anilines is 1. The summed E-state index contributed by atoms with van der Waals surface area (Å²) in [6.45, 7) is 1.83. The number of nitrogens with zero attached hydrogens (tertiary/aromatic N) is 1. The Morgan fingerprint density at radius 1 is 1.22 bits per heavy atom. The molecule has 0 bridgehead atoms. The Hall–Kier alpha value is -1.84. The second-order valence-electron chi connectivity index (χ2n) is 3.65. The molecule has 0 saturated heterocycles. The van der Waals surface area contributed by atoms with Crippen LogP contribution >= 0.6 is 11.3 Å². The zero-order valence-corrected chi connectivity index (χ0v) is 11.2. The third kappa shape index (κ3) is 2.53. The molecule has 4 nitrogen and oxygen atoms in total. The Bertz CT molecular complexity index is 712. The minimum atomic E-state index is -3.61. The monoisotopic (exact) mass is 278 g/mol. The van der Waals surface area contributed by atoms with Crippen LogP contribution in [-0.2, 0) is 10.0 Å². The zero-order chi connectivity index (χ0) is 13.2. The highest BCUT2D eigenvalue weighted by molar-refractivity contribution is 7.94. The van der Waals surface area contributed by atoms with E-state index in [1.807, 2.05) is 25.1 Å². The maximum absolute atomic E-state index is 12.1. The Morgan fingerprint density at radius 2 is 1.94 bits per heavy atom. The number of hydrogen-bond acceptors (Lipinski definition) is 4. The van der Waals surface area contributed by atoms with Gasteiger partial charge in [0.25, 0.3) is 10.0 Å². The minimum absolute atomic E-state index is 0.141. The number of aryl methyl sites for hydroxylation is 1. The first kappa shape index (κ1) is 12.6. The first-order valence-corrected chi connectivity index (χ1v) is 7.41. The Balaban J connectivity index is 2.34. The fraction of sp³-hybridized carbons (Fsp3) is 0.0833. The van der Waals surface area contributed by atoms with Crippen LogP contribution in [0, 0.1) is 18.3 Å². The maximum Gasteiger partial charge on any atom is 0.271 e. The third-order valence-electron chi connectivity index (χ3n) is 2.35. The quantitative estimate of drug-likeness (QED) is 0.938. The van der Waals surface area contributed by atoms with Crippen LogP contribution in [0.15, 0.2) is 40.6 Å². The molecule has 0 unspecified atom stereocenters. The van der Waals surface area contributed by atoms with E-state index in [0.29, 0.717) is 10.6 Å². The summed E-state index contributed by atoms with van der Waals surface area (Å²) in [4.78, 5) is 0.375. The molecule has 0 fully saturated rings. The van der Waals surface area contributed by atoms with Gasteiger partial charge in [0.15, 0.2) is 0 Å². The van der Waals surface area contributed by atoms with Crippen LogP contribution in [0.25, 0.3) is 0 Å². The number of hydrogen-bond donors (Lipinski definition) is 1. The van der Waals surface area contributed by atoms with Crippen molar-refractivity contribution < 1.29 is 8.42 Å². The first-order chi connectivity index (χ1) is 8.53. The molecule has 1 aromatic carbocycles. The molecule has 6 heteroatoms. The molecule has 0 amide bonds. The third-order valence-corrected chi connectivity index (χ3v) is 5.19. The molecule has 0 aliphatic rings. The van der Waals surface area contributed by atoms with E-state index in [2.05, 4.69) is 4.72 Å². The number of nitrogens with one attached hydrogen (secondary N) is 1. The summed E-state index contributed by atoms with van der Waals surface area (Å²) in [5.41, 5.74) is 1.39. The van der Waals surface area contributed by atoms with Crippen LogP contribution in [0.3, 0.4) is 0 Å². The molecule has 0 spiro atoms. The van der Waals surface area contributed by atoms with Crippen molar-refractivity contribution in [1.82, 2.24) is 0 Å². The van der Waals surface area contributed by atoms with E-state index < -0.39 is 10.0 Å². The normalized spacial score (nSPS) is 10.9. The summed E-state index contributed by atoms with van der Waals surface area (Å²) in [7, 11) is -3.61. The van der Waals surface area contributed by atoms with Crippen molar-refractivity contribution in [2.45, 2.75) is 11.1 Å². The molecule has 0 aliphatic heterocycles. The molecule has 18 heavy (non-hydrogen) atoms. The van der Waals surface area contributed by atoms with E-state index in [1.165, 1.54) is 12.1 Å². The highest BCUT2D eigenvalue weighted by Crippen LogP contribution is 2.24. The largest absolute Gasteiger partial charge is 0.279 e. The van der Waals surface area contributed by atoms with Crippen molar-refractivity contribution in [3.8, 4) is 6.07 Å². The SMILES string of the molecule is Cc1ccccc1NS(=O)(=O)c1ccc(C#N)s1. The topological polar surface area (TPSA) is 70.0 Å². The van der Waals surface area contributed by atoms with Crippen LogP contribution in [0.4, 0.5) is 5.69 Å². The van der Waals surface area contributed by atoms with Crippen LogP contribution in [0.5, 0.6) is 0 Å². The lowest BCUT2D eigenvalue weighted by molar-refractivity contribution is 0.603. The lowest BCUT2D eigenvalue weighted by atomic mass is 10.2. The molecule has 2 aromatic rings. The maximum atomic E-state index is 12.1. The summed E-state index contributed by atoms with van der Waals surface area (Å²) in [6, 6.07) is 12.0. The second kappa shape index (κ2) is 4.80. The fourth-order valence-electron chi connectivity index (χ4n) is 1.41. The minimum Gasteiger partial charge on any atom is -0.279 e. The molecule has 1 aromatic heterocycles. The summed E-state index contributed by atoms with van der Waals surface area (Å²) >= 11 is 0.953. The lowest BCUT2D eigenvalue weighted by Gasteiger charge is -2.08.